The fourth-order valence-corrected chi connectivity index (χ4v) is 1.70. The van der Waals surface area contributed by atoms with Crippen LogP contribution < -0.4 is 4.74 Å². The van der Waals surface area contributed by atoms with Crippen molar-refractivity contribution in [2.45, 2.75) is 6.61 Å². The normalized spacial score (nSPS) is 10.0. The summed E-state index contributed by atoms with van der Waals surface area (Å²) in [7, 11) is 1.52. The van der Waals surface area contributed by atoms with Gasteiger partial charge in [-0.2, -0.15) is 0 Å². The molecule has 0 aliphatic heterocycles. The third kappa shape index (κ3) is 3.79. The summed E-state index contributed by atoms with van der Waals surface area (Å²) in [5.74, 6) is 0.0579. The molecular weight excluding hydrogens is 310 g/mol. The Labute approximate surface area is 119 Å². The SMILES string of the molecule is COc1ccc(C(=O)OCc2ccc(Br)cc2)cn1. The number of rotatable bonds is 4. The standard InChI is InChI=1S/C14H12BrNO3/c1-18-13-7-4-11(8-16-13)14(17)19-9-10-2-5-12(15)6-3-10/h2-8H,9H2,1H3. The second-order valence-corrected chi connectivity index (χ2v) is 4.71. The van der Waals surface area contributed by atoms with E-state index in [1.165, 1.54) is 13.3 Å². The first-order chi connectivity index (χ1) is 9.19. The zero-order chi connectivity index (χ0) is 13.7. The fraction of sp³-hybridized carbons (Fsp3) is 0.143. The average Bonchev–Trinajstić information content (AvgIpc) is 2.46. The predicted octanol–water partition coefficient (Wildman–Crippen LogP) is 3.21. The molecule has 1 aromatic heterocycles. The number of nitrogens with zero attached hydrogens (tertiary/aromatic N) is 1. The van der Waals surface area contributed by atoms with Crippen LogP contribution in [-0.2, 0) is 11.3 Å². The van der Waals surface area contributed by atoms with Gasteiger partial charge in [0.15, 0.2) is 0 Å². The molecule has 0 amide bonds. The highest BCUT2D eigenvalue weighted by molar-refractivity contribution is 9.10. The van der Waals surface area contributed by atoms with Crippen molar-refractivity contribution in [1.29, 1.82) is 0 Å². The van der Waals surface area contributed by atoms with Crippen molar-refractivity contribution < 1.29 is 14.3 Å². The van der Waals surface area contributed by atoms with Crippen molar-refractivity contribution in [2.75, 3.05) is 7.11 Å². The van der Waals surface area contributed by atoms with Gasteiger partial charge in [-0.3, -0.25) is 0 Å². The van der Waals surface area contributed by atoms with E-state index in [-0.39, 0.29) is 6.61 Å². The molecule has 0 atom stereocenters. The lowest BCUT2D eigenvalue weighted by Gasteiger charge is -2.05. The molecule has 2 rings (SSSR count). The maximum Gasteiger partial charge on any atom is 0.340 e. The summed E-state index contributed by atoms with van der Waals surface area (Å²) in [6.07, 6.45) is 1.43. The van der Waals surface area contributed by atoms with E-state index in [9.17, 15) is 4.79 Å². The average molecular weight is 322 g/mol. The van der Waals surface area contributed by atoms with Crippen LogP contribution in [-0.4, -0.2) is 18.1 Å². The van der Waals surface area contributed by atoms with Gasteiger partial charge in [0.05, 0.1) is 12.7 Å². The largest absolute Gasteiger partial charge is 0.481 e. The fourth-order valence-electron chi connectivity index (χ4n) is 1.43. The minimum absolute atomic E-state index is 0.234. The van der Waals surface area contributed by atoms with Gasteiger partial charge in [0.2, 0.25) is 5.88 Å². The van der Waals surface area contributed by atoms with E-state index in [1.54, 1.807) is 12.1 Å². The Kier molecular flexibility index (Phi) is 4.52. The van der Waals surface area contributed by atoms with E-state index < -0.39 is 5.97 Å². The van der Waals surface area contributed by atoms with Gasteiger partial charge < -0.3 is 9.47 Å². The number of hydrogen-bond donors (Lipinski definition) is 0. The molecule has 4 nitrogen and oxygen atoms in total. The number of aromatic nitrogens is 1. The van der Waals surface area contributed by atoms with Crippen molar-refractivity contribution in [2.24, 2.45) is 0 Å². The molecule has 0 spiro atoms. The summed E-state index contributed by atoms with van der Waals surface area (Å²) in [4.78, 5) is 15.7. The lowest BCUT2D eigenvalue weighted by atomic mass is 10.2. The number of methoxy groups -OCH3 is 1. The Morgan fingerprint density at radius 1 is 1.21 bits per heavy atom. The van der Waals surface area contributed by atoms with Crippen LogP contribution in [0, 0.1) is 0 Å². The Balaban J connectivity index is 1.95. The number of halogens is 1. The number of carbonyl (C=O) groups is 1. The molecule has 0 unspecified atom stereocenters. The van der Waals surface area contributed by atoms with Crippen molar-refractivity contribution in [3.8, 4) is 5.88 Å². The Morgan fingerprint density at radius 3 is 2.53 bits per heavy atom. The summed E-state index contributed by atoms with van der Waals surface area (Å²) in [5.41, 5.74) is 1.33. The first kappa shape index (κ1) is 13.5. The van der Waals surface area contributed by atoms with E-state index in [1.807, 2.05) is 24.3 Å². The van der Waals surface area contributed by atoms with Crippen molar-refractivity contribution >= 4 is 21.9 Å². The minimum atomic E-state index is -0.405. The molecule has 0 fully saturated rings. The maximum absolute atomic E-state index is 11.8. The highest BCUT2D eigenvalue weighted by Gasteiger charge is 2.08. The van der Waals surface area contributed by atoms with E-state index >= 15 is 0 Å². The molecule has 1 aromatic carbocycles. The smallest absolute Gasteiger partial charge is 0.340 e. The van der Waals surface area contributed by atoms with Crippen molar-refractivity contribution in [3.05, 3.63) is 58.2 Å². The van der Waals surface area contributed by atoms with Gasteiger partial charge in [-0.15, -0.1) is 0 Å². The van der Waals surface area contributed by atoms with Gasteiger partial charge >= 0.3 is 5.97 Å². The van der Waals surface area contributed by atoms with E-state index in [0.29, 0.717) is 11.4 Å². The lowest BCUT2D eigenvalue weighted by molar-refractivity contribution is 0.0472. The minimum Gasteiger partial charge on any atom is -0.481 e. The molecule has 0 radical (unpaired) electrons. The van der Waals surface area contributed by atoms with Gasteiger partial charge in [0, 0.05) is 16.7 Å². The number of carbonyl (C=O) groups excluding carboxylic acids is 1. The van der Waals surface area contributed by atoms with Gasteiger partial charge in [0.25, 0.3) is 0 Å². The zero-order valence-electron chi connectivity index (χ0n) is 10.3. The molecule has 0 aliphatic carbocycles. The molecule has 2 aromatic rings. The van der Waals surface area contributed by atoms with E-state index in [2.05, 4.69) is 20.9 Å². The van der Waals surface area contributed by atoms with Crippen LogP contribution in [0.2, 0.25) is 0 Å². The first-order valence-electron chi connectivity index (χ1n) is 5.60. The molecule has 0 bridgehead atoms. The Morgan fingerprint density at radius 2 is 1.95 bits per heavy atom. The topological polar surface area (TPSA) is 48.4 Å². The number of benzene rings is 1. The van der Waals surface area contributed by atoms with E-state index in [0.717, 1.165) is 10.0 Å². The van der Waals surface area contributed by atoms with Crippen LogP contribution in [0.3, 0.4) is 0 Å². The van der Waals surface area contributed by atoms with Crippen LogP contribution in [0.4, 0.5) is 0 Å². The molecule has 1 heterocycles. The summed E-state index contributed by atoms with van der Waals surface area (Å²) in [6.45, 7) is 0.234. The third-order valence-electron chi connectivity index (χ3n) is 2.46. The second kappa shape index (κ2) is 6.33. The molecule has 0 aliphatic rings. The predicted molar refractivity (Wildman–Crippen MR) is 74.1 cm³/mol. The zero-order valence-corrected chi connectivity index (χ0v) is 11.9. The molecule has 5 heteroatoms. The highest BCUT2D eigenvalue weighted by Crippen LogP contribution is 2.12. The number of hydrogen-bond acceptors (Lipinski definition) is 4. The summed E-state index contributed by atoms with van der Waals surface area (Å²) < 4.78 is 11.1. The molecule has 0 N–H and O–H groups in total. The summed E-state index contributed by atoms with van der Waals surface area (Å²) >= 11 is 3.35. The maximum atomic E-state index is 11.8. The van der Waals surface area contributed by atoms with Crippen LogP contribution in [0.5, 0.6) is 5.88 Å². The van der Waals surface area contributed by atoms with Crippen LogP contribution >= 0.6 is 15.9 Å². The van der Waals surface area contributed by atoms with Gasteiger partial charge in [-0.25, -0.2) is 9.78 Å². The molecule has 0 saturated heterocycles. The first-order valence-corrected chi connectivity index (χ1v) is 6.40. The van der Waals surface area contributed by atoms with Crippen LogP contribution in [0.1, 0.15) is 15.9 Å². The monoisotopic (exact) mass is 321 g/mol. The van der Waals surface area contributed by atoms with Gasteiger partial charge in [0.1, 0.15) is 6.61 Å². The lowest BCUT2D eigenvalue weighted by Crippen LogP contribution is -2.05. The van der Waals surface area contributed by atoms with Gasteiger partial charge in [-0.1, -0.05) is 28.1 Å². The number of ether oxygens (including phenoxy) is 2. The number of esters is 1. The summed E-state index contributed by atoms with van der Waals surface area (Å²) in [6, 6.07) is 10.8. The quantitative estimate of drug-likeness (QED) is 0.811. The number of pyridine rings is 1. The molecule has 19 heavy (non-hydrogen) atoms. The molecule has 0 saturated carbocycles. The Hall–Kier alpha value is -1.88. The third-order valence-corrected chi connectivity index (χ3v) is 2.99. The summed E-state index contributed by atoms with van der Waals surface area (Å²) in [5, 5.41) is 0. The van der Waals surface area contributed by atoms with E-state index in [4.69, 9.17) is 9.47 Å². The second-order valence-electron chi connectivity index (χ2n) is 3.79. The Bertz CT molecular complexity index is 552. The van der Waals surface area contributed by atoms with Crippen LogP contribution in [0.15, 0.2) is 47.1 Å². The van der Waals surface area contributed by atoms with Crippen molar-refractivity contribution in [3.63, 3.8) is 0 Å². The van der Waals surface area contributed by atoms with Gasteiger partial charge in [-0.05, 0) is 23.8 Å². The van der Waals surface area contributed by atoms with Crippen molar-refractivity contribution in [1.82, 2.24) is 4.98 Å². The molecule has 98 valence electrons. The molecular formula is C14H12BrNO3. The highest BCUT2D eigenvalue weighted by atomic mass is 79.9. The van der Waals surface area contributed by atoms with Crippen LogP contribution in [0.25, 0.3) is 0 Å².